The van der Waals surface area contributed by atoms with Gasteiger partial charge in [0, 0.05) is 29.3 Å². The number of amides is 1. The summed E-state index contributed by atoms with van der Waals surface area (Å²) < 4.78 is 30.1. The second-order valence-corrected chi connectivity index (χ2v) is 9.41. The van der Waals surface area contributed by atoms with Crippen LogP contribution in [0.5, 0.6) is 0 Å². The molecule has 3 aromatic heterocycles. The summed E-state index contributed by atoms with van der Waals surface area (Å²) in [6.45, 7) is 5.08. The summed E-state index contributed by atoms with van der Waals surface area (Å²) in [4.78, 5) is 32.6. The van der Waals surface area contributed by atoms with Crippen molar-refractivity contribution < 1.29 is 13.2 Å². The number of hydrogen-bond donors (Lipinski definition) is 2. The zero-order chi connectivity index (χ0) is 25.2. The third kappa shape index (κ3) is 5.58. The smallest absolute Gasteiger partial charge is 0.267 e. The fourth-order valence-corrected chi connectivity index (χ4v) is 4.21. The standard InChI is InChI=1S/C22H22N8O4S/c1-14-10-11-23-22(24-14)28-35(33,34)18-6-4-17(5-7-18)25-20(31)13-29-21(32)9-8-19(27-29)30-16(3)12-15(2)26-30/h4-12H,13H2,1-3H3,(H,25,31)(H,23,24,28). The van der Waals surface area contributed by atoms with Gasteiger partial charge >= 0.3 is 0 Å². The van der Waals surface area contributed by atoms with E-state index in [-0.39, 0.29) is 17.4 Å². The van der Waals surface area contributed by atoms with E-state index in [1.807, 2.05) is 19.9 Å². The number of hydrogen-bond acceptors (Lipinski definition) is 8. The Morgan fingerprint density at radius 2 is 1.71 bits per heavy atom. The third-order valence-electron chi connectivity index (χ3n) is 4.84. The van der Waals surface area contributed by atoms with Gasteiger partial charge in [0.25, 0.3) is 15.6 Å². The van der Waals surface area contributed by atoms with Crippen LogP contribution in [0, 0.1) is 20.8 Å². The molecule has 0 saturated carbocycles. The summed E-state index contributed by atoms with van der Waals surface area (Å²) in [6, 6.07) is 11.9. The Bertz CT molecular complexity index is 1560. The summed E-state index contributed by atoms with van der Waals surface area (Å²) in [5, 5.41) is 11.2. The monoisotopic (exact) mass is 494 g/mol. The largest absolute Gasteiger partial charge is 0.324 e. The van der Waals surface area contributed by atoms with Crippen LogP contribution in [0.1, 0.15) is 17.1 Å². The van der Waals surface area contributed by atoms with Crippen molar-refractivity contribution in [2.45, 2.75) is 32.2 Å². The molecule has 1 aromatic carbocycles. The first kappa shape index (κ1) is 23.8. The molecular formula is C22H22N8O4S. The maximum absolute atomic E-state index is 12.6. The Hall–Kier alpha value is -4.39. The molecule has 0 aliphatic rings. The molecule has 0 aliphatic carbocycles. The van der Waals surface area contributed by atoms with Crippen molar-refractivity contribution in [3.63, 3.8) is 0 Å². The zero-order valence-corrected chi connectivity index (χ0v) is 19.9. The maximum atomic E-state index is 12.6. The Morgan fingerprint density at radius 1 is 0.971 bits per heavy atom. The van der Waals surface area contributed by atoms with E-state index in [1.54, 1.807) is 17.7 Å². The minimum absolute atomic E-state index is 0.0314. The molecule has 2 N–H and O–H groups in total. The quantitative estimate of drug-likeness (QED) is 0.393. The van der Waals surface area contributed by atoms with Crippen molar-refractivity contribution in [2.75, 3.05) is 10.0 Å². The lowest BCUT2D eigenvalue weighted by Gasteiger charge is -2.10. The summed E-state index contributed by atoms with van der Waals surface area (Å²) in [5.41, 5.74) is 2.15. The SMILES string of the molecule is Cc1ccnc(NS(=O)(=O)c2ccc(NC(=O)Cn3nc(-n4nc(C)cc4C)ccc3=O)cc2)n1. The van der Waals surface area contributed by atoms with Crippen LogP contribution in [0.2, 0.25) is 0 Å². The van der Waals surface area contributed by atoms with Crippen LogP contribution >= 0.6 is 0 Å². The number of rotatable bonds is 7. The molecule has 0 aliphatic heterocycles. The van der Waals surface area contributed by atoms with Crippen LogP contribution in [0.4, 0.5) is 11.6 Å². The van der Waals surface area contributed by atoms with E-state index in [1.165, 1.54) is 42.6 Å². The highest BCUT2D eigenvalue weighted by atomic mass is 32.2. The van der Waals surface area contributed by atoms with Gasteiger partial charge in [0.1, 0.15) is 6.54 Å². The molecule has 4 rings (SSSR count). The molecule has 0 bridgehead atoms. The predicted octanol–water partition coefficient (Wildman–Crippen LogP) is 1.58. The first-order valence-electron chi connectivity index (χ1n) is 10.4. The number of anilines is 2. The van der Waals surface area contributed by atoms with Gasteiger partial charge in [0.15, 0.2) is 5.82 Å². The number of carbonyl (C=O) groups is 1. The Labute approximate surface area is 200 Å². The number of benzene rings is 1. The normalized spacial score (nSPS) is 11.3. The minimum atomic E-state index is -3.91. The van der Waals surface area contributed by atoms with E-state index in [4.69, 9.17) is 0 Å². The molecule has 12 nitrogen and oxygen atoms in total. The minimum Gasteiger partial charge on any atom is -0.324 e. The van der Waals surface area contributed by atoms with Gasteiger partial charge in [-0.15, -0.1) is 5.10 Å². The molecule has 180 valence electrons. The molecule has 0 atom stereocenters. The Balaban J connectivity index is 1.45. The molecular weight excluding hydrogens is 472 g/mol. The van der Waals surface area contributed by atoms with E-state index in [9.17, 15) is 18.0 Å². The topological polar surface area (TPSA) is 154 Å². The Kier molecular flexibility index (Phi) is 6.42. The average Bonchev–Trinajstić information content (AvgIpc) is 3.13. The first-order chi connectivity index (χ1) is 16.6. The molecule has 0 radical (unpaired) electrons. The molecule has 0 unspecified atom stereocenters. The average molecular weight is 495 g/mol. The van der Waals surface area contributed by atoms with Gasteiger partial charge in [0.05, 0.1) is 10.6 Å². The summed E-state index contributed by atoms with van der Waals surface area (Å²) in [5.74, 6) is -0.141. The molecule has 0 saturated heterocycles. The van der Waals surface area contributed by atoms with E-state index >= 15 is 0 Å². The van der Waals surface area contributed by atoms with E-state index in [0.717, 1.165) is 16.1 Å². The third-order valence-corrected chi connectivity index (χ3v) is 6.19. The molecule has 3 heterocycles. The number of aryl methyl sites for hydroxylation is 3. The van der Waals surface area contributed by atoms with Crippen molar-refractivity contribution in [1.82, 2.24) is 29.5 Å². The maximum Gasteiger partial charge on any atom is 0.267 e. The summed E-state index contributed by atoms with van der Waals surface area (Å²) in [6.07, 6.45) is 1.45. The lowest BCUT2D eigenvalue weighted by molar-refractivity contribution is -0.117. The lowest BCUT2D eigenvalue weighted by atomic mass is 10.3. The van der Waals surface area contributed by atoms with Gasteiger partial charge in [-0.25, -0.2) is 32.5 Å². The molecule has 4 aromatic rings. The van der Waals surface area contributed by atoms with Crippen LogP contribution in [-0.2, 0) is 21.4 Å². The number of nitrogens with one attached hydrogen (secondary N) is 2. The van der Waals surface area contributed by atoms with Crippen LogP contribution < -0.4 is 15.6 Å². The van der Waals surface area contributed by atoms with Crippen molar-refractivity contribution in [1.29, 1.82) is 0 Å². The van der Waals surface area contributed by atoms with Crippen molar-refractivity contribution in [2.24, 2.45) is 0 Å². The predicted molar refractivity (Wildman–Crippen MR) is 128 cm³/mol. The fraction of sp³-hybridized carbons (Fsp3) is 0.182. The zero-order valence-electron chi connectivity index (χ0n) is 19.1. The highest BCUT2D eigenvalue weighted by Gasteiger charge is 2.16. The Morgan fingerprint density at radius 3 is 2.37 bits per heavy atom. The van der Waals surface area contributed by atoms with Gasteiger partial charge in [-0.05, 0) is 63.2 Å². The second kappa shape index (κ2) is 9.46. The number of nitrogens with zero attached hydrogens (tertiary/aromatic N) is 6. The van der Waals surface area contributed by atoms with Crippen LogP contribution in [0.3, 0.4) is 0 Å². The number of carbonyl (C=O) groups excluding carboxylic acids is 1. The van der Waals surface area contributed by atoms with Crippen molar-refractivity contribution in [3.05, 3.63) is 82.2 Å². The molecule has 1 amide bonds. The molecule has 0 spiro atoms. The lowest BCUT2D eigenvalue weighted by Crippen LogP contribution is -2.30. The first-order valence-corrected chi connectivity index (χ1v) is 11.9. The number of aromatic nitrogens is 6. The fourth-order valence-electron chi connectivity index (χ4n) is 3.26. The van der Waals surface area contributed by atoms with Crippen LogP contribution in [0.15, 0.2) is 64.4 Å². The summed E-state index contributed by atoms with van der Waals surface area (Å²) in [7, 11) is -3.91. The van der Waals surface area contributed by atoms with E-state index in [2.05, 4.69) is 30.2 Å². The van der Waals surface area contributed by atoms with Crippen LogP contribution in [0.25, 0.3) is 5.82 Å². The van der Waals surface area contributed by atoms with Crippen molar-refractivity contribution >= 4 is 27.6 Å². The van der Waals surface area contributed by atoms with E-state index in [0.29, 0.717) is 17.2 Å². The van der Waals surface area contributed by atoms with Crippen molar-refractivity contribution in [3.8, 4) is 5.82 Å². The highest BCUT2D eigenvalue weighted by molar-refractivity contribution is 7.92. The molecule has 13 heteroatoms. The molecule has 0 fully saturated rings. The highest BCUT2D eigenvalue weighted by Crippen LogP contribution is 2.17. The summed E-state index contributed by atoms with van der Waals surface area (Å²) >= 11 is 0. The van der Waals surface area contributed by atoms with Gasteiger partial charge < -0.3 is 5.32 Å². The second-order valence-electron chi connectivity index (χ2n) is 7.73. The van der Waals surface area contributed by atoms with Crippen LogP contribution in [-0.4, -0.2) is 43.9 Å². The number of sulfonamides is 1. The van der Waals surface area contributed by atoms with E-state index < -0.39 is 21.5 Å². The van der Waals surface area contributed by atoms with Gasteiger partial charge in [-0.2, -0.15) is 5.10 Å². The molecule has 35 heavy (non-hydrogen) atoms. The van der Waals surface area contributed by atoms with Gasteiger partial charge in [-0.3, -0.25) is 9.59 Å². The van der Waals surface area contributed by atoms with Gasteiger partial charge in [0.2, 0.25) is 11.9 Å². The van der Waals surface area contributed by atoms with Gasteiger partial charge in [-0.1, -0.05) is 0 Å².